The molecule has 1 aromatic heterocycles. The van der Waals surface area contributed by atoms with E-state index in [4.69, 9.17) is 10.1 Å². The SMILES string of the molecule is CCCCNc1cncc(C(=N)OCCC)c1. The molecule has 0 unspecified atom stereocenters. The van der Waals surface area contributed by atoms with Gasteiger partial charge in [0.15, 0.2) is 0 Å². The number of pyridine rings is 1. The average Bonchev–Trinajstić information content (AvgIpc) is 2.36. The Morgan fingerprint density at radius 3 is 2.88 bits per heavy atom. The molecule has 0 saturated heterocycles. The standard InChI is InChI=1S/C13H21N3O/c1-3-5-6-16-12-8-11(9-15-10-12)13(14)17-7-4-2/h8-10,14,16H,3-7H2,1-2H3. The van der Waals surface area contributed by atoms with Gasteiger partial charge in [-0.25, -0.2) is 0 Å². The van der Waals surface area contributed by atoms with E-state index < -0.39 is 0 Å². The van der Waals surface area contributed by atoms with E-state index in [0.717, 1.165) is 37.1 Å². The van der Waals surface area contributed by atoms with Gasteiger partial charge in [-0.2, -0.15) is 0 Å². The number of hydrogen-bond acceptors (Lipinski definition) is 4. The Hall–Kier alpha value is -1.58. The fourth-order valence-electron chi connectivity index (χ4n) is 1.36. The number of unbranched alkanes of at least 4 members (excludes halogenated alkanes) is 1. The minimum absolute atomic E-state index is 0.193. The molecule has 0 aliphatic heterocycles. The van der Waals surface area contributed by atoms with E-state index in [9.17, 15) is 0 Å². The third-order valence-electron chi connectivity index (χ3n) is 2.31. The fourth-order valence-corrected chi connectivity index (χ4v) is 1.36. The summed E-state index contributed by atoms with van der Waals surface area (Å²) in [4.78, 5) is 4.11. The maximum Gasteiger partial charge on any atom is 0.214 e. The van der Waals surface area contributed by atoms with Crippen molar-refractivity contribution in [1.29, 1.82) is 5.41 Å². The van der Waals surface area contributed by atoms with Crippen LogP contribution in [0.15, 0.2) is 18.5 Å². The van der Waals surface area contributed by atoms with Crippen molar-refractivity contribution in [2.75, 3.05) is 18.5 Å². The van der Waals surface area contributed by atoms with Crippen LogP contribution in [0.2, 0.25) is 0 Å². The zero-order valence-corrected chi connectivity index (χ0v) is 10.6. The molecule has 0 aliphatic rings. The average molecular weight is 235 g/mol. The van der Waals surface area contributed by atoms with Crippen molar-refractivity contribution in [1.82, 2.24) is 4.98 Å². The molecule has 0 aliphatic carbocycles. The molecule has 0 saturated carbocycles. The van der Waals surface area contributed by atoms with Crippen molar-refractivity contribution in [2.24, 2.45) is 0 Å². The maximum atomic E-state index is 7.75. The third-order valence-corrected chi connectivity index (χ3v) is 2.31. The molecule has 94 valence electrons. The van der Waals surface area contributed by atoms with Crippen LogP contribution in [0, 0.1) is 5.41 Å². The lowest BCUT2D eigenvalue weighted by Gasteiger charge is -2.08. The van der Waals surface area contributed by atoms with Crippen LogP contribution < -0.4 is 5.32 Å². The largest absolute Gasteiger partial charge is 0.478 e. The van der Waals surface area contributed by atoms with Gasteiger partial charge in [0.2, 0.25) is 5.90 Å². The summed E-state index contributed by atoms with van der Waals surface area (Å²) in [5.74, 6) is 0.193. The van der Waals surface area contributed by atoms with E-state index in [0.29, 0.717) is 6.61 Å². The zero-order valence-electron chi connectivity index (χ0n) is 10.6. The first-order valence-electron chi connectivity index (χ1n) is 6.18. The Balaban J connectivity index is 2.55. The summed E-state index contributed by atoms with van der Waals surface area (Å²) in [5, 5.41) is 11.0. The molecule has 2 N–H and O–H groups in total. The van der Waals surface area contributed by atoms with Gasteiger partial charge in [-0.1, -0.05) is 20.3 Å². The molecule has 4 heteroatoms. The highest BCUT2D eigenvalue weighted by molar-refractivity contribution is 5.92. The van der Waals surface area contributed by atoms with Crippen LogP contribution in [0.3, 0.4) is 0 Å². The highest BCUT2D eigenvalue weighted by atomic mass is 16.5. The second kappa shape index (κ2) is 7.65. The van der Waals surface area contributed by atoms with Crippen LogP contribution in [-0.2, 0) is 4.74 Å². The first kappa shape index (κ1) is 13.5. The van der Waals surface area contributed by atoms with E-state index in [1.165, 1.54) is 0 Å². The molecule has 17 heavy (non-hydrogen) atoms. The number of ether oxygens (including phenoxy) is 1. The lowest BCUT2D eigenvalue weighted by atomic mass is 10.2. The van der Waals surface area contributed by atoms with Crippen LogP contribution in [-0.4, -0.2) is 24.0 Å². The number of hydrogen-bond donors (Lipinski definition) is 2. The van der Waals surface area contributed by atoms with E-state index >= 15 is 0 Å². The second-order valence-electron chi connectivity index (χ2n) is 3.92. The van der Waals surface area contributed by atoms with Crippen LogP contribution in [0.5, 0.6) is 0 Å². The van der Waals surface area contributed by atoms with Crippen LogP contribution in [0.1, 0.15) is 38.7 Å². The molecule has 0 aromatic carbocycles. The molecule has 0 radical (unpaired) electrons. The van der Waals surface area contributed by atoms with Gasteiger partial charge < -0.3 is 10.1 Å². The van der Waals surface area contributed by atoms with E-state index in [1.807, 2.05) is 13.0 Å². The number of nitrogens with zero attached hydrogens (tertiary/aromatic N) is 1. The van der Waals surface area contributed by atoms with Crippen molar-refractivity contribution in [2.45, 2.75) is 33.1 Å². The first-order valence-corrected chi connectivity index (χ1v) is 6.18. The number of aromatic nitrogens is 1. The molecule has 0 fully saturated rings. The number of anilines is 1. The predicted octanol–water partition coefficient (Wildman–Crippen LogP) is 3.05. The van der Waals surface area contributed by atoms with Crippen molar-refractivity contribution >= 4 is 11.6 Å². The molecular formula is C13H21N3O. The lowest BCUT2D eigenvalue weighted by Crippen LogP contribution is -2.08. The number of nitrogens with one attached hydrogen (secondary N) is 2. The molecular weight excluding hydrogens is 214 g/mol. The van der Waals surface area contributed by atoms with Gasteiger partial charge in [0.25, 0.3) is 0 Å². The van der Waals surface area contributed by atoms with Crippen LogP contribution in [0.25, 0.3) is 0 Å². The smallest absolute Gasteiger partial charge is 0.214 e. The summed E-state index contributed by atoms with van der Waals surface area (Å²) in [6, 6.07) is 1.90. The molecule has 1 heterocycles. The maximum absolute atomic E-state index is 7.75. The van der Waals surface area contributed by atoms with Gasteiger partial charge in [-0.15, -0.1) is 0 Å². The monoisotopic (exact) mass is 235 g/mol. The van der Waals surface area contributed by atoms with E-state index in [1.54, 1.807) is 12.4 Å². The third kappa shape index (κ3) is 4.85. The summed E-state index contributed by atoms with van der Waals surface area (Å²) in [5.41, 5.74) is 1.67. The molecule has 1 rings (SSSR count). The Morgan fingerprint density at radius 1 is 1.35 bits per heavy atom. The van der Waals surface area contributed by atoms with Crippen LogP contribution >= 0.6 is 0 Å². The Labute approximate surface area is 103 Å². The highest BCUT2D eigenvalue weighted by Gasteiger charge is 2.03. The molecule has 4 nitrogen and oxygen atoms in total. The Morgan fingerprint density at radius 2 is 2.18 bits per heavy atom. The molecule has 0 amide bonds. The zero-order chi connectivity index (χ0) is 12.5. The minimum atomic E-state index is 0.193. The summed E-state index contributed by atoms with van der Waals surface area (Å²) < 4.78 is 5.27. The van der Waals surface area contributed by atoms with E-state index in [2.05, 4.69) is 17.2 Å². The summed E-state index contributed by atoms with van der Waals surface area (Å²) in [6.45, 7) is 5.69. The summed E-state index contributed by atoms with van der Waals surface area (Å²) in [6.07, 6.45) is 6.63. The molecule has 0 atom stereocenters. The quantitative estimate of drug-likeness (QED) is 0.434. The van der Waals surface area contributed by atoms with Gasteiger partial charge in [-0.3, -0.25) is 10.4 Å². The normalized spacial score (nSPS) is 10.0. The Bertz CT molecular complexity index is 352. The van der Waals surface area contributed by atoms with Gasteiger partial charge in [0.05, 0.1) is 17.9 Å². The van der Waals surface area contributed by atoms with Gasteiger partial charge in [-0.05, 0) is 18.9 Å². The number of rotatable bonds is 7. The lowest BCUT2D eigenvalue weighted by molar-refractivity contribution is 0.303. The molecule has 0 bridgehead atoms. The second-order valence-corrected chi connectivity index (χ2v) is 3.92. The van der Waals surface area contributed by atoms with Crippen molar-refractivity contribution in [3.8, 4) is 0 Å². The topological polar surface area (TPSA) is 58.0 Å². The summed E-state index contributed by atoms with van der Waals surface area (Å²) >= 11 is 0. The summed E-state index contributed by atoms with van der Waals surface area (Å²) in [7, 11) is 0. The van der Waals surface area contributed by atoms with Crippen molar-refractivity contribution in [3.63, 3.8) is 0 Å². The fraction of sp³-hybridized carbons (Fsp3) is 0.538. The van der Waals surface area contributed by atoms with Crippen molar-refractivity contribution in [3.05, 3.63) is 24.0 Å². The highest BCUT2D eigenvalue weighted by Crippen LogP contribution is 2.09. The Kier molecular flexibility index (Phi) is 6.07. The molecule has 0 spiro atoms. The predicted molar refractivity (Wildman–Crippen MR) is 70.7 cm³/mol. The molecule has 1 aromatic rings. The van der Waals surface area contributed by atoms with E-state index in [-0.39, 0.29) is 5.90 Å². The first-order chi connectivity index (χ1) is 8.27. The van der Waals surface area contributed by atoms with Gasteiger partial charge in [0, 0.05) is 18.9 Å². The van der Waals surface area contributed by atoms with Gasteiger partial charge in [0.1, 0.15) is 0 Å². The van der Waals surface area contributed by atoms with Crippen molar-refractivity contribution < 1.29 is 4.74 Å². The van der Waals surface area contributed by atoms with Crippen LogP contribution in [0.4, 0.5) is 5.69 Å². The minimum Gasteiger partial charge on any atom is -0.478 e. The van der Waals surface area contributed by atoms with Gasteiger partial charge >= 0.3 is 0 Å².